The third kappa shape index (κ3) is 2.43. The molecular formula is C11H6N2O3. The molecule has 5 heteroatoms. The summed E-state index contributed by atoms with van der Waals surface area (Å²) in [7, 11) is 0. The van der Waals surface area contributed by atoms with E-state index in [1.54, 1.807) is 6.07 Å². The van der Waals surface area contributed by atoms with Crippen LogP contribution in [0.2, 0.25) is 0 Å². The Bertz CT molecular complexity index is 559. The summed E-state index contributed by atoms with van der Waals surface area (Å²) in [6, 6.07) is 5.53. The van der Waals surface area contributed by atoms with Crippen molar-refractivity contribution >= 4 is 11.5 Å². The van der Waals surface area contributed by atoms with Gasteiger partial charge in [-0.3, -0.25) is 14.9 Å². The summed E-state index contributed by atoms with van der Waals surface area (Å²) in [6.45, 7) is 1.32. The van der Waals surface area contributed by atoms with Gasteiger partial charge >= 0.3 is 0 Å². The molecule has 5 nitrogen and oxygen atoms in total. The van der Waals surface area contributed by atoms with E-state index in [0.717, 1.165) is 6.07 Å². The van der Waals surface area contributed by atoms with Gasteiger partial charge in [-0.1, -0.05) is 0 Å². The van der Waals surface area contributed by atoms with Gasteiger partial charge in [0.25, 0.3) is 5.69 Å². The maximum Gasteiger partial charge on any atom is 0.285 e. The lowest BCUT2D eigenvalue weighted by Crippen LogP contribution is -1.97. The maximum absolute atomic E-state index is 11.0. The van der Waals surface area contributed by atoms with Gasteiger partial charge in [-0.25, -0.2) is 0 Å². The van der Waals surface area contributed by atoms with E-state index in [9.17, 15) is 14.9 Å². The average Bonchev–Trinajstić information content (AvgIpc) is 2.25. The maximum atomic E-state index is 11.0. The molecule has 0 radical (unpaired) electrons. The Morgan fingerprint density at radius 3 is 2.69 bits per heavy atom. The molecule has 16 heavy (non-hydrogen) atoms. The van der Waals surface area contributed by atoms with Gasteiger partial charge < -0.3 is 0 Å². The molecular weight excluding hydrogens is 208 g/mol. The molecule has 0 aromatic heterocycles. The minimum absolute atomic E-state index is 0.122. The molecule has 0 N–H and O–H groups in total. The fourth-order valence-electron chi connectivity index (χ4n) is 1.10. The van der Waals surface area contributed by atoms with E-state index in [2.05, 4.69) is 11.8 Å². The van der Waals surface area contributed by atoms with Gasteiger partial charge in [-0.2, -0.15) is 5.26 Å². The lowest BCUT2D eigenvalue weighted by molar-refractivity contribution is -0.385. The monoisotopic (exact) mass is 214 g/mol. The molecule has 0 unspecified atom stereocenters. The summed E-state index contributed by atoms with van der Waals surface area (Å²) in [6.07, 6.45) is 0. The largest absolute Gasteiger partial charge is 0.295 e. The second-order valence-corrected chi connectivity index (χ2v) is 2.91. The van der Waals surface area contributed by atoms with Gasteiger partial charge in [-0.15, -0.1) is 0 Å². The molecule has 0 fully saturated rings. The van der Waals surface area contributed by atoms with Crippen LogP contribution in [0.4, 0.5) is 5.69 Å². The van der Waals surface area contributed by atoms with Gasteiger partial charge in [-0.05, 0) is 25.0 Å². The molecule has 0 spiro atoms. The van der Waals surface area contributed by atoms with Crippen LogP contribution in [0.5, 0.6) is 0 Å². The number of nitro groups is 1. The fraction of sp³-hybridized carbons (Fsp3) is 0.0909. The first-order valence-corrected chi connectivity index (χ1v) is 4.25. The first kappa shape index (κ1) is 11.4. The average molecular weight is 214 g/mol. The topological polar surface area (TPSA) is 84.0 Å². The van der Waals surface area contributed by atoms with Crippen LogP contribution in [0.25, 0.3) is 0 Å². The Hall–Kier alpha value is -2.66. The molecule has 0 aliphatic carbocycles. The normalized spacial score (nSPS) is 8.50. The molecule has 0 aliphatic rings. The lowest BCUT2D eigenvalue weighted by atomic mass is 10.1. The zero-order valence-electron chi connectivity index (χ0n) is 8.35. The number of carbonyl (C=O) groups excluding carboxylic acids is 1. The SMILES string of the molecule is CC(=O)c1ccc(C#CC#N)c([N+](=O)[O-])c1. The predicted octanol–water partition coefficient (Wildman–Crippen LogP) is 1.67. The summed E-state index contributed by atoms with van der Waals surface area (Å²) in [5.41, 5.74) is 0.0983. The molecule has 0 amide bonds. The summed E-state index contributed by atoms with van der Waals surface area (Å²) in [4.78, 5) is 21.1. The van der Waals surface area contributed by atoms with Gasteiger partial charge in [0.1, 0.15) is 5.56 Å². The van der Waals surface area contributed by atoms with E-state index in [1.165, 1.54) is 19.1 Å². The Labute approximate surface area is 91.5 Å². The number of hydrogen-bond donors (Lipinski definition) is 0. The van der Waals surface area contributed by atoms with Gasteiger partial charge in [0.2, 0.25) is 0 Å². The van der Waals surface area contributed by atoms with E-state index < -0.39 is 4.92 Å². The zero-order valence-corrected chi connectivity index (χ0v) is 8.35. The third-order valence-corrected chi connectivity index (χ3v) is 1.85. The Morgan fingerprint density at radius 2 is 2.19 bits per heavy atom. The predicted molar refractivity (Wildman–Crippen MR) is 55.6 cm³/mol. The number of nitro benzene ring substituents is 1. The van der Waals surface area contributed by atoms with Crippen LogP contribution in [0.15, 0.2) is 18.2 Å². The number of hydrogen-bond acceptors (Lipinski definition) is 4. The van der Waals surface area contributed by atoms with E-state index in [0.29, 0.717) is 0 Å². The molecule has 0 saturated heterocycles. The van der Waals surface area contributed by atoms with Crippen LogP contribution in [0.3, 0.4) is 0 Å². The van der Waals surface area contributed by atoms with Crippen molar-refractivity contribution in [2.75, 3.05) is 0 Å². The summed E-state index contributed by atoms with van der Waals surface area (Å²) < 4.78 is 0. The number of rotatable bonds is 2. The molecule has 0 bridgehead atoms. The first-order chi connectivity index (χ1) is 7.56. The van der Waals surface area contributed by atoms with E-state index in [4.69, 9.17) is 5.26 Å². The Balaban J connectivity index is 3.37. The van der Waals surface area contributed by atoms with Crippen molar-refractivity contribution in [3.05, 3.63) is 39.4 Å². The number of carbonyl (C=O) groups is 1. The summed E-state index contributed by atoms with van der Waals surface area (Å²) >= 11 is 0. The smallest absolute Gasteiger partial charge is 0.285 e. The van der Waals surface area contributed by atoms with Crippen LogP contribution >= 0.6 is 0 Å². The molecule has 0 atom stereocenters. The van der Waals surface area contributed by atoms with Crippen LogP contribution < -0.4 is 0 Å². The van der Waals surface area contributed by atoms with E-state index in [1.807, 2.05) is 0 Å². The highest BCUT2D eigenvalue weighted by Crippen LogP contribution is 2.19. The zero-order chi connectivity index (χ0) is 12.1. The first-order valence-electron chi connectivity index (χ1n) is 4.25. The van der Waals surface area contributed by atoms with E-state index >= 15 is 0 Å². The van der Waals surface area contributed by atoms with Crippen molar-refractivity contribution in [2.45, 2.75) is 6.92 Å². The molecule has 1 rings (SSSR count). The van der Waals surface area contributed by atoms with E-state index in [-0.39, 0.29) is 22.6 Å². The molecule has 78 valence electrons. The minimum atomic E-state index is -0.631. The van der Waals surface area contributed by atoms with Crippen LogP contribution in [-0.4, -0.2) is 10.7 Å². The second kappa shape index (κ2) is 4.72. The van der Waals surface area contributed by atoms with Crippen molar-refractivity contribution in [1.29, 1.82) is 5.26 Å². The highest BCUT2D eigenvalue weighted by Gasteiger charge is 2.14. The number of Topliss-reactive ketones (excluding diaryl/α,β-unsaturated/α-hetero) is 1. The quantitative estimate of drug-likeness (QED) is 0.324. The molecule has 1 aromatic carbocycles. The van der Waals surface area contributed by atoms with Gasteiger partial charge in [0.15, 0.2) is 11.9 Å². The second-order valence-electron chi connectivity index (χ2n) is 2.91. The van der Waals surface area contributed by atoms with Crippen molar-refractivity contribution in [3.8, 4) is 17.9 Å². The fourth-order valence-corrected chi connectivity index (χ4v) is 1.10. The van der Waals surface area contributed by atoms with Crippen molar-refractivity contribution in [3.63, 3.8) is 0 Å². The van der Waals surface area contributed by atoms with Crippen LogP contribution in [-0.2, 0) is 0 Å². The number of nitriles is 1. The number of nitrogens with zero attached hydrogens (tertiary/aromatic N) is 2. The highest BCUT2D eigenvalue weighted by molar-refractivity contribution is 5.95. The Kier molecular flexibility index (Phi) is 3.37. The molecule has 0 saturated carbocycles. The Morgan fingerprint density at radius 1 is 1.50 bits per heavy atom. The van der Waals surface area contributed by atoms with Crippen molar-refractivity contribution in [1.82, 2.24) is 0 Å². The lowest BCUT2D eigenvalue weighted by Gasteiger charge is -1.98. The molecule has 0 heterocycles. The summed E-state index contributed by atoms with van der Waals surface area (Å²) in [5.74, 6) is 4.16. The molecule has 1 aromatic rings. The standard InChI is InChI=1S/C11H6N2O3/c1-8(14)10-5-4-9(3-2-6-12)11(7-10)13(15)16/h4-5,7H,1H3. The number of ketones is 1. The summed E-state index contributed by atoms with van der Waals surface area (Å²) in [5, 5.41) is 19.0. The van der Waals surface area contributed by atoms with Crippen LogP contribution in [0.1, 0.15) is 22.8 Å². The van der Waals surface area contributed by atoms with Crippen molar-refractivity contribution in [2.24, 2.45) is 0 Å². The van der Waals surface area contributed by atoms with Crippen LogP contribution in [0, 0.1) is 33.3 Å². The minimum Gasteiger partial charge on any atom is -0.295 e. The van der Waals surface area contributed by atoms with Gasteiger partial charge in [0.05, 0.1) is 4.92 Å². The third-order valence-electron chi connectivity index (χ3n) is 1.85. The molecule has 0 aliphatic heterocycles. The number of benzene rings is 1. The van der Waals surface area contributed by atoms with Crippen molar-refractivity contribution < 1.29 is 9.72 Å². The highest BCUT2D eigenvalue weighted by atomic mass is 16.6. The van der Waals surface area contributed by atoms with Gasteiger partial charge in [0, 0.05) is 17.6 Å².